The van der Waals surface area contributed by atoms with Crippen LogP contribution in [-0.4, -0.2) is 19.6 Å². The Morgan fingerprint density at radius 2 is 1.63 bits per heavy atom. The lowest BCUT2D eigenvalue weighted by Crippen LogP contribution is -2.27. The molecule has 0 fully saturated rings. The predicted molar refractivity (Wildman–Crippen MR) is 72.5 cm³/mol. The van der Waals surface area contributed by atoms with Crippen molar-refractivity contribution < 1.29 is 14.4 Å². The van der Waals surface area contributed by atoms with Gasteiger partial charge in [-0.15, -0.1) is 0 Å². The van der Waals surface area contributed by atoms with Crippen molar-refractivity contribution in [2.45, 2.75) is 0 Å². The molecule has 0 unspecified atom stereocenters. The van der Waals surface area contributed by atoms with E-state index in [0.29, 0.717) is 5.75 Å². The number of benzene rings is 2. The van der Waals surface area contributed by atoms with Crippen LogP contribution in [0.3, 0.4) is 0 Å². The van der Waals surface area contributed by atoms with Crippen LogP contribution < -0.4 is 10.2 Å². The van der Waals surface area contributed by atoms with Gasteiger partial charge in [0.15, 0.2) is 6.61 Å². The molecule has 1 N–H and O–H groups in total. The van der Waals surface area contributed by atoms with E-state index in [9.17, 15) is 4.79 Å². The highest BCUT2D eigenvalue weighted by Crippen LogP contribution is 2.21. The largest absolute Gasteiger partial charge is 0.484 e. The van der Waals surface area contributed by atoms with Gasteiger partial charge in [-0.1, -0.05) is 42.5 Å². The summed E-state index contributed by atoms with van der Waals surface area (Å²) in [5, 5.41) is 0. The summed E-state index contributed by atoms with van der Waals surface area (Å²) < 4.78 is 5.32. The van der Waals surface area contributed by atoms with Crippen molar-refractivity contribution in [1.29, 1.82) is 0 Å². The molecule has 0 aromatic heterocycles. The average Bonchev–Trinajstić information content (AvgIpc) is 2.47. The Morgan fingerprint density at radius 1 is 1.00 bits per heavy atom. The molecule has 0 bridgehead atoms. The Kier molecular flexibility index (Phi) is 4.53. The first-order valence-corrected chi connectivity index (χ1v) is 5.89. The second-order valence-corrected chi connectivity index (χ2v) is 3.91. The van der Waals surface area contributed by atoms with Gasteiger partial charge in [0.25, 0.3) is 5.91 Å². The van der Waals surface area contributed by atoms with Gasteiger partial charge in [-0.2, -0.15) is 0 Å². The summed E-state index contributed by atoms with van der Waals surface area (Å²) in [4.78, 5) is 15.6. The van der Waals surface area contributed by atoms with Crippen molar-refractivity contribution in [1.82, 2.24) is 5.48 Å². The molecule has 98 valence electrons. The van der Waals surface area contributed by atoms with Crippen LogP contribution in [0.2, 0.25) is 0 Å². The molecule has 0 atom stereocenters. The molecule has 0 saturated carbocycles. The van der Waals surface area contributed by atoms with E-state index < -0.39 is 0 Å². The predicted octanol–water partition coefficient (Wildman–Crippen LogP) is 2.41. The summed E-state index contributed by atoms with van der Waals surface area (Å²) in [7, 11) is 1.38. The zero-order valence-corrected chi connectivity index (χ0v) is 10.6. The zero-order chi connectivity index (χ0) is 13.5. The molecule has 19 heavy (non-hydrogen) atoms. The standard InChI is InChI=1S/C15H15NO3/c1-18-16-15(17)11-19-14-9-7-13(8-10-14)12-5-3-2-4-6-12/h2-10H,11H2,1H3,(H,16,17). The fraction of sp³-hybridized carbons (Fsp3) is 0.133. The minimum Gasteiger partial charge on any atom is -0.484 e. The molecule has 2 aromatic rings. The molecule has 0 saturated heterocycles. The monoisotopic (exact) mass is 257 g/mol. The second kappa shape index (κ2) is 6.56. The lowest BCUT2D eigenvalue weighted by atomic mass is 10.1. The third-order valence-electron chi connectivity index (χ3n) is 2.55. The molecule has 4 nitrogen and oxygen atoms in total. The van der Waals surface area contributed by atoms with E-state index in [4.69, 9.17) is 4.74 Å². The smallest absolute Gasteiger partial charge is 0.281 e. The molecular formula is C15H15NO3. The topological polar surface area (TPSA) is 47.6 Å². The van der Waals surface area contributed by atoms with Crippen molar-refractivity contribution >= 4 is 5.91 Å². The lowest BCUT2D eigenvalue weighted by Gasteiger charge is -2.07. The molecule has 0 aliphatic carbocycles. The van der Waals surface area contributed by atoms with Crippen LogP contribution in [0.1, 0.15) is 0 Å². The molecule has 0 aliphatic heterocycles. The summed E-state index contributed by atoms with van der Waals surface area (Å²) in [5.74, 6) is 0.320. The lowest BCUT2D eigenvalue weighted by molar-refractivity contribution is -0.133. The fourth-order valence-corrected chi connectivity index (χ4v) is 1.67. The molecule has 0 aliphatic rings. The Labute approximate surface area is 111 Å². The van der Waals surface area contributed by atoms with E-state index in [-0.39, 0.29) is 12.5 Å². The third kappa shape index (κ3) is 3.82. The van der Waals surface area contributed by atoms with Gasteiger partial charge in [-0.25, -0.2) is 5.48 Å². The molecular weight excluding hydrogens is 242 g/mol. The van der Waals surface area contributed by atoms with E-state index >= 15 is 0 Å². The Hall–Kier alpha value is -2.33. The van der Waals surface area contributed by atoms with Gasteiger partial charge in [0.2, 0.25) is 0 Å². The number of hydrogen-bond donors (Lipinski definition) is 1. The third-order valence-corrected chi connectivity index (χ3v) is 2.55. The van der Waals surface area contributed by atoms with Crippen LogP contribution in [-0.2, 0) is 9.63 Å². The molecule has 0 spiro atoms. The van der Waals surface area contributed by atoms with Gasteiger partial charge in [0.05, 0.1) is 7.11 Å². The molecule has 2 aromatic carbocycles. The highest BCUT2D eigenvalue weighted by atomic mass is 16.6. The summed E-state index contributed by atoms with van der Waals surface area (Å²) in [6.07, 6.45) is 0. The molecule has 0 heterocycles. The summed E-state index contributed by atoms with van der Waals surface area (Å²) in [5.41, 5.74) is 4.44. The van der Waals surface area contributed by atoms with Gasteiger partial charge in [-0.05, 0) is 23.3 Å². The van der Waals surface area contributed by atoms with Crippen molar-refractivity contribution in [2.75, 3.05) is 13.7 Å². The maximum atomic E-state index is 11.1. The van der Waals surface area contributed by atoms with Crippen LogP contribution in [0.25, 0.3) is 11.1 Å². The number of carbonyl (C=O) groups excluding carboxylic acids is 1. The van der Waals surface area contributed by atoms with Crippen molar-refractivity contribution in [3.8, 4) is 16.9 Å². The first kappa shape index (κ1) is 13.1. The van der Waals surface area contributed by atoms with Crippen LogP contribution in [0, 0.1) is 0 Å². The van der Waals surface area contributed by atoms with E-state index in [1.165, 1.54) is 7.11 Å². The number of hydroxylamine groups is 1. The summed E-state index contributed by atoms with van der Waals surface area (Å²) in [6, 6.07) is 17.6. The number of hydrogen-bond acceptors (Lipinski definition) is 3. The molecule has 1 amide bonds. The first-order valence-electron chi connectivity index (χ1n) is 5.89. The average molecular weight is 257 g/mol. The highest BCUT2D eigenvalue weighted by molar-refractivity contribution is 5.76. The molecule has 4 heteroatoms. The van der Waals surface area contributed by atoms with Crippen LogP contribution in [0.4, 0.5) is 0 Å². The Balaban J connectivity index is 1.97. The Bertz CT molecular complexity index is 523. The summed E-state index contributed by atoms with van der Waals surface area (Å²) >= 11 is 0. The molecule has 0 radical (unpaired) electrons. The van der Waals surface area contributed by atoms with Gasteiger partial charge < -0.3 is 4.74 Å². The molecule has 2 rings (SSSR count). The minimum absolute atomic E-state index is 0.0709. The van der Waals surface area contributed by atoms with Crippen LogP contribution in [0.15, 0.2) is 54.6 Å². The summed E-state index contributed by atoms with van der Waals surface area (Å²) in [6.45, 7) is -0.0709. The number of nitrogens with one attached hydrogen (secondary N) is 1. The van der Waals surface area contributed by atoms with Gasteiger partial charge in [0, 0.05) is 0 Å². The normalized spacial score (nSPS) is 9.95. The number of ether oxygens (including phenoxy) is 1. The maximum Gasteiger partial charge on any atom is 0.281 e. The van der Waals surface area contributed by atoms with Crippen molar-refractivity contribution in [3.63, 3.8) is 0 Å². The fourth-order valence-electron chi connectivity index (χ4n) is 1.67. The second-order valence-electron chi connectivity index (χ2n) is 3.91. The van der Waals surface area contributed by atoms with E-state index in [1.807, 2.05) is 54.6 Å². The number of rotatable bonds is 5. The number of amides is 1. The minimum atomic E-state index is -0.324. The van der Waals surface area contributed by atoms with Crippen LogP contribution >= 0.6 is 0 Å². The van der Waals surface area contributed by atoms with E-state index in [1.54, 1.807) is 0 Å². The quantitative estimate of drug-likeness (QED) is 0.837. The van der Waals surface area contributed by atoms with Crippen molar-refractivity contribution in [2.24, 2.45) is 0 Å². The first-order chi connectivity index (χ1) is 9.29. The van der Waals surface area contributed by atoms with E-state index in [0.717, 1.165) is 11.1 Å². The Morgan fingerprint density at radius 3 is 2.26 bits per heavy atom. The number of carbonyl (C=O) groups is 1. The van der Waals surface area contributed by atoms with Crippen molar-refractivity contribution in [3.05, 3.63) is 54.6 Å². The van der Waals surface area contributed by atoms with Gasteiger partial charge in [0.1, 0.15) is 5.75 Å². The zero-order valence-electron chi connectivity index (χ0n) is 10.6. The maximum absolute atomic E-state index is 11.1. The SMILES string of the molecule is CONC(=O)COc1ccc(-c2ccccc2)cc1. The highest BCUT2D eigenvalue weighted by Gasteiger charge is 2.02. The van der Waals surface area contributed by atoms with E-state index in [2.05, 4.69) is 10.3 Å². The van der Waals surface area contributed by atoms with Gasteiger partial charge >= 0.3 is 0 Å². The van der Waals surface area contributed by atoms with Gasteiger partial charge in [-0.3, -0.25) is 9.63 Å². The van der Waals surface area contributed by atoms with Crippen LogP contribution in [0.5, 0.6) is 5.75 Å².